The third-order valence-corrected chi connectivity index (χ3v) is 4.74. The van der Waals surface area contributed by atoms with Gasteiger partial charge in [-0.1, -0.05) is 30.9 Å². The molecule has 1 aliphatic carbocycles. The van der Waals surface area contributed by atoms with Crippen molar-refractivity contribution in [3.8, 4) is 23.3 Å². The molecule has 3 rings (SSSR count). The van der Waals surface area contributed by atoms with E-state index in [9.17, 15) is 5.11 Å². The molecule has 0 radical (unpaired) electrons. The minimum absolute atomic E-state index is 0.117. The number of aromatic nitrogens is 1. The normalized spacial score (nSPS) is 23.2. The molecule has 2 aromatic rings. The molecule has 0 spiro atoms. The summed E-state index contributed by atoms with van der Waals surface area (Å²) >= 11 is 5.96. The zero-order valence-electron chi connectivity index (χ0n) is 13.6. The van der Waals surface area contributed by atoms with Crippen LogP contribution in [0.5, 0.6) is 11.5 Å². The van der Waals surface area contributed by atoms with Crippen molar-refractivity contribution < 1.29 is 9.84 Å². The van der Waals surface area contributed by atoms with Gasteiger partial charge in [-0.25, -0.2) is 0 Å². The Morgan fingerprint density at radius 2 is 2.04 bits per heavy atom. The molecule has 1 aromatic carbocycles. The van der Waals surface area contributed by atoms with E-state index in [-0.39, 0.29) is 5.75 Å². The van der Waals surface area contributed by atoms with Crippen molar-refractivity contribution in [1.29, 1.82) is 0 Å². The number of ether oxygens (including phenoxy) is 1. The average molecular weight is 342 g/mol. The summed E-state index contributed by atoms with van der Waals surface area (Å²) in [5.74, 6) is 7.68. The molecule has 1 fully saturated rings. The van der Waals surface area contributed by atoms with Crippen molar-refractivity contribution in [2.45, 2.75) is 38.2 Å². The van der Waals surface area contributed by atoms with Crippen LogP contribution in [0.2, 0.25) is 5.02 Å². The predicted octanol–water partition coefficient (Wildman–Crippen LogP) is 4.82. The lowest BCUT2D eigenvalue weighted by Crippen LogP contribution is -2.43. The minimum atomic E-state index is -0.530. The van der Waals surface area contributed by atoms with Crippen LogP contribution in [-0.4, -0.2) is 15.7 Å². The van der Waals surface area contributed by atoms with Crippen LogP contribution in [0.15, 0.2) is 42.7 Å². The summed E-state index contributed by atoms with van der Waals surface area (Å²) in [5, 5.41) is 10.2. The first kappa shape index (κ1) is 16.7. The van der Waals surface area contributed by atoms with Gasteiger partial charge in [0, 0.05) is 22.7 Å². The van der Waals surface area contributed by atoms with Crippen LogP contribution in [0.3, 0.4) is 0 Å². The molecule has 2 unspecified atom stereocenters. The van der Waals surface area contributed by atoms with E-state index in [4.69, 9.17) is 16.3 Å². The van der Waals surface area contributed by atoms with Gasteiger partial charge in [-0.15, -0.1) is 0 Å². The van der Waals surface area contributed by atoms with E-state index in [1.165, 1.54) is 12.6 Å². The monoisotopic (exact) mass is 341 g/mol. The van der Waals surface area contributed by atoms with Gasteiger partial charge in [0.1, 0.15) is 11.5 Å². The standard InChI is InChI=1S/C20H20ClNO2/c1-15-4-2-3-10-20(15,24-19-7-5-17(21)6-8-19)11-9-16-12-18(23)14-22-13-16/h5-8,12-15,23H,2-4,10H2,1H3. The van der Waals surface area contributed by atoms with Crippen molar-refractivity contribution >= 4 is 11.6 Å². The number of rotatable bonds is 2. The smallest absolute Gasteiger partial charge is 0.172 e. The maximum Gasteiger partial charge on any atom is 0.172 e. The Bertz CT molecular complexity index is 763. The second-order valence-corrected chi connectivity index (χ2v) is 6.71. The van der Waals surface area contributed by atoms with Gasteiger partial charge in [0.05, 0.1) is 6.20 Å². The minimum Gasteiger partial charge on any atom is -0.506 e. The van der Waals surface area contributed by atoms with Crippen molar-refractivity contribution in [3.05, 3.63) is 53.3 Å². The van der Waals surface area contributed by atoms with Crippen LogP contribution in [0.4, 0.5) is 0 Å². The predicted molar refractivity (Wildman–Crippen MR) is 95.2 cm³/mol. The van der Waals surface area contributed by atoms with Gasteiger partial charge in [0.15, 0.2) is 5.60 Å². The van der Waals surface area contributed by atoms with Crippen LogP contribution < -0.4 is 4.74 Å². The number of hydrogen-bond acceptors (Lipinski definition) is 3. The molecule has 2 atom stereocenters. The lowest BCUT2D eigenvalue weighted by atomic mass is 9.76. The van der Waals surface area contributed by atoms with E-state index in [1.807, 2.05) is 24.3 Å². The quantitative estimate of drug-likeness (QED) is 0.796. The van der Waals surface area contributed by atoms with E-state index in [0.717, 1.165) is 25.0 Å². The zero-order valence-corrected chi connectivity index (χ0v) is 14.4. The summed E-state index contributed by atoms with van der Waals surface area (Å²) < 4.78 is 6.35. The molecule has 24 heavy (non-hydrogen) atoms. The average Bonchev–Trinajstić information content (AvgIpc) is 2.58. The molecular formula is C20H20ClNO2. The summed E-state index contributed by atoms with van der Waals surface area (Å²) in [6.45, 7) is 2.18. The Balaban J connectivity index is 1.92. The van der Waals surface area contributed by atoms with E-state index in [1.54, 1.807) is 12.3 Å². The van der Waals surface area contributed by atoms with Gasteiger partial charge >= 0.3 is 0 Å². The second kappa shape index (κ2) is 7.15. The summed E-state index contributed by atoms with van der Waals surface area (Å²) in [6, 6.07) is 9.02. The first-order chi connectivity index (χ1) is 11.6. The van der Waals surface area contributed by atoms with Crippen molar-refractivity contribution in [2.24, 2.45) is 5.92 Å². The van der Waals surface area contributed by atoms with Crippen molar-refractivity contribution in [3.63, 3.8) is 0 Å². The Morgan fingerprint density at radius 3 is 2.75 bits per heavy atom. The molecule has 124 valence electrons. The van der Waals surface area contributed by atoms with E-state index in [0.29, 0.717) is 16.5 Å². The molecule has 0 aliphatic heterocycles. The third kappa shape index (κ3) is 3.83. The molecule has 3 nitrogen and oxygen atoms in total. The van der Waals surface area contributed by atoms with Crippen molar-refractivity contribution in [1.82, 2.24) is 4.98 Å². The summed E-state index contributed by atoms with van der Waals surface area (Å²) in [7, 11) is 0. The molecule has 1 heterocycles. The number of pyridine rings is 1. The molecule has 1 aliphatic rings. The summed E-state index contributed by atoms with van der Waals surface area (Å²) in [5.41, 5.74) is 0.157. The second-order valence-electron chi connectivity index (χ2n) is 6.27. The first-order valence-electron chi connectivity index (χ1n) is 8.19. The van der Waals surface area contributed by atoms with Gasteiger partial charge in [-0.05, 0) is 55.5 Å². The Kier molecular flexibility index (Phi) is 4.97. The molecule has 4 heteroatoms. The van der Waals surface area contributed by atoms with Gasteiger partial charge in [-0.2, -0.15) is 0 Å². The largest absolute Gasteiger partial charge is 0.506 e. The van der Waals surface area contributed by atoms with Gasteiger partial charge in [0.2, 0.25) is 0 Å². The molecular weight excluding hydrogens is 322 g/mol. The maximum atomic E-state index is 9.55. The van der Waals surface area contributed by atoms with Crippen LogP contribution >= 0.6 is 11.6 Å². The number of hydrogen-bond donors (Lipinski definition) is 1. The fraction of sp³-hybridized carbons (Fsp3) is 0.350. The Hall–Kier alpha value is -2.18. The summed E-state index contributed by atoms with van der Waals surface area (Å²) in [6.07, 6.45) is 7.30. The first-order valence-corrected chi connectivity index (χ1v) is 8.57. The van der Waals surface area contributed by atoms with E-state index < -0.39 is 5.60 Å². The molecule has 0 saturated heterocycles. The molecule has 0 amide bonds. The number of aromatic hydroxyl groups is 1. The highest BCUT2D eigenvalue weighted by molar-refractivity contribution is 6.30. The number of benzene rings is 1. The topological polar surface area (TPSA) is 42.4 Å². The highest BCUT2D eigenvalue weighted by Crippen LogP contribution is 2.37. The Labute approximate surface area is 147 Å². The van der Waals surface area contributed by atoms with Crippen molar-refractivity contribution in [2.75, 3.05) is 0 Å². The lowest BCUT2D eigenvalue weighted by Gasteiger charge is -2.38. The number of halogens is 1. The molecule has 1 aromatic heterocycles. The van der Waals surface area contributed by atoms with Crippen LogP contribution in [0.25, 0.3) is 0 Å². The summed E-state index contributed by atoms with van der Waals surface area (Å²) in [4.78, 5) is 3.98. The zero-order chi connectivity index (χ0) is 17.0. The fourth-order valence-electron chi connectivity index (χ4n) is 3.07. The van der Waals surface area contributed by atoms with Gasteiger partial charge in [0.25, 0.3) is 0 Å². The van der Waals surface area contributed by atoms with Gasteiger partial charge in [-0.3, -0.25) is 4.98 Å². The fourth-order valence-corrected chi connectivity index (χ4v) is 3.19. The maximum absolute atomic E-state index is 9.55. The van der Waals surface area contributed by atoms with Gasteiger partial charge < -0.3 is 9.84 Å². The SMILES string of the molecule is CC1CCCCC1(C#Cc1cncc(O)c1)Oc1ccc(Cl)cc1. The molecule has 1 saturated carbocycles. The highest BCUT2D eigenvalue weighted by Gasteiger charge is 2.39. The van der Waals surface area contributed by atoms with Crippen LogP contribution in [-0.2, 0) is 0 Å². The Morgan fingerprint density at radius 1 is 1.25 bits per heavy atom. The molecule has 1 N–H and O–H groups in total. The number of nitrogens with zero attached hydrogens (tertiary/aromatic N) is 1. The highest BCUT2D eigenvalue weighted by atomic mass is 35.5. The van der Waals surface area contributed by atoms with E-state index in [2.05, 4.69) is 23.7 Å². The van der Waals surface area contributed by atoms with Crippen LogP contribution in [0, 0.1) is 17.8 Å². The van der Waals surface area contributed by atoms with Crippen LogP contribution in [0.1, 0.15) is 38.2 Å². The third-order valence-electron chi connectivity index (χ3n) is 4.49. The molecule has 0 bridgehead atoms. The lowest BCUT2D eigenvalue weighted by molar-refractivity contribution is 0.0370. The van der Waals surface area contributed by atoms with E-state index >= 15 is 0 Å².